The second-order valence-electron chi connectivity index (χ2n) is 8.21. The third kappa shape index (κ3) is 8.55. The Hall–Kier alpha value is -1.43. The molecule has 0 spiro atoms. The van der Waals surface area contributed by atoms with Gasteiger partial charge in [-0.25, -0.2) is 0 Å². The smallest absolute Gasteiger partial charge is 0.0119 e. The Morgan fingerprint density at radius 1 is 0.516 bits per heavy atom. The predicted octanol–water partition coefficient (Wildman–Crippen LogP) is 8.10. The summed E-state index contributed by atoms with van der Waals surface area (Å²) in [5.41, 5.74) is 1.54. The molecule has 0 unspecified atom stereocenters. The highest BCUT2D eigenvalue weighted by Gasteiger charge is 2.18. The van der Waals surface area contributed by atoms with Crippen molar-refractivity contribution in [2.45, 2.75) is 71.1 Å². The molecule has 0 amide bonds. The van der Waals surface area contributed by atoms with Crippen LogP contribution in [0.4, 0.5) is 0 Å². The van der Waals surface area contributed by atoms with Crippen LogP contribution in [0.15, 0.2) is 84.9 Å². The van der Waals surface area contributed by atoms with Gasteiger partial charge in [0.2, 0.25) is 0 Å². The summed E-state index contributed by atoms with van der Waals surface area (Å²) in [6.45, 7) is 2.29. The van der Waals surface area contributed by atoms with Crippen LogP contribution in [0.5, 0.6) is 0 Å². The lowest BCUT2D eigenvalue weighted by molar-refractivity contribution is 0.565. The minimum atomic E-state index is -0.503. The van der Waals surface area contributed by atoms with Crippen molar-refractivity contribution < 1.29 is 0 Å². The molecular weight excluding hydrogens is 459 g/mol. The molecule has 0 saturated heterocycles. The monoisotopic (exact) mass is 496 g/mol. The lowest BCUT2D eigenvalue weighted by atomic mass is 10.0. The highest BCUT2D eigenvalue weighted by atomic mass is 79.9. The number of hydrogen-bond donors (Lipinski definition) is 0. The molecule has 0 atom stereocenters. The zero-order chi connectivity index (χ0) is 20.9. The first-order valence-electron chi connectivity index (χ1n) is 11.9. The standard InChI is InChI=1S/C29H37P.BrH/c1-2-3-4-5-6-7-8-9-12-19-26-20-17-18-25-29(26)30(27-21-13-10-14-22-27)28-23-15-11-16-24-28;/h10-11,13-18,20-25H,2-9,12,19H2,1H3;1H. The fourth-order valence-corrected chi connectivity index (χ4v) is 6.65. The normalized spacial score (nSPS) is 10.8. The van der Waals surface area contributed by atoms with Crippen molar-refractivity contribution in [2.75, 3.05) is 0 Å². The highest BCUT2D eigenvalue weighted by molar-refractivity contribution is 8.93. The Balaban J connectivity index is 0.00000341. The van der Waals surface area contributed by atoms with E-state index in [0.29, 0.717) is 0 Å². The van der Waals surface area contributed by atoms with E-state index in [-0.39, 0.29) is 17.0 Å². The van der Waals surface area contributed by atoms with Gasteiger partial charge in [-0.2, -0.15) is 0 Å². The molecule has 0 nitrogen and oxygen atoms in total. The maximum atomic E-state index is 2.37. The van der Waals surface area contributed by atoms with Gasteiger partial charge in [-0.3, -0.25) is 0 Å². The average molecular weight is 498 g/mol. The van der Waals surface area contributed by atoms with Crippen molar-refractivity contribution >= 4 is 40.8 Å². The average Bonchev–Trinajstić information content (AvgIpc) is 2.80. The van der Waals surface area contributed by atoms with Crippen LogP contribution in [0, 0.1) is 0 Å². The van der Waals surface area contributed by atoms with Crippen molar-refractivity contribution in [3.05, 3.63) is 90.5 Å². The second kappa shape index (κ2) is 15.4. The Labute approximate surface area is 202 Å². The third-order valence-electron chi connectivity index (χ3n) is 5.81. The van der Waals surface area contributed by atoms with Crippen LogP contribution >= 0.6 is 24.9 Å². The van der Waals surface area contributed by atoms with Gasteiger partial charge in [-0.15, -0.1) is 17.0 Å². The van der Waals surface area contributed by atoms with Gasteiger partial charge in [-0.1, -0.05) is 143 Å². The summed E-state index contributed by atoms with van der Waals surface area (Å²) in [6.07, 6.45) is 13.7. The van der Waals surface area contributed by atoms with E-state index in [1.54, 1.807) is 5.56 Å². The molecule has 2 heteroatoms. The molecule has 0 fully saturated rings. The Bertz CT molecular complexity index is 792. The zero-order valence-electron chi connectivity index (χ0n) is 19.0. The minimum Gasteiger partial charge on any atom is -0.114 e. The Morgan fingerprint density at radius 2 is 0.968 bits per heavy atom. The number of halogens is 1. The van der Waals surface area contributed by atoms with Crippen molar-refractivity contribution in [2.24, 2.45) is 0 Å². The molecule has 166 valence electrons. The highest BCUT2D eigenvalue weighted by Crippen LogP contribution is 2.34. The topological polar surface area (TPSA) is 0 Å². The van der Waals surface area contributed by atoms with Crippen LogP contribution in [0.3, 0.4) is 0 Å². The number of unbranched alkanes of at least 4 members (excludes halogenated alkanes) is 8. The van der Waals surface area contributed by atoms with Crippen LogP contribution < -0.4 is 15.9 Å². The van der Waals surface area contributed by atoms with Gasteiger partial charge < -0.3 is 0 Å². The van der Waals surface area contributed by atoms with Crippen LogP contribution in [-0.2, 0) is 6.42 Å². The number of rotatable bonds is 13. The van der Waals surface area contributed by atoms with E-state index in [2.05, 4.69) is 91.9 Å². The quantitative estimate of drug-likeness (QED) is 0.165. The second-order valence-corrected chi connectivity index (χ2v) is 10.4. The maximum Gasteiger partial charge on any atom is -0.0119 e. The summed E-state index contributed by atoms with van der Waals surface area (Å²) >= 11 is 0. The van der Waals surface area contributed by atoms with E-state index in [0.717, 1.165) is 0 Å². The largest absolute Gasteiger partial charge is 0.114 e. The first-order valence-corrected chi connectivity index (χ1v) is 13.2. The van der Waals surface area contributed by atoms with Crippen molar-refractivity contribution in [1.82, 2.24) is 0 Å². The molecule has 0 heterocycles. The van der Waals surface area contributed by atoms with E-state index in [9.17, 15) is 0 Å². The molecule has 0 bridgehead atoms. The van der Waals surface area contributed by atoms with E-state index in [1.165, 1.54) is 80.1 Å². The van der Waals surface area contributed by atoms with E-state index in [1.807, 2.05) is 0 Å². The van der Waals surface area contributed by atoms with Crippen LogP contribution in [0.25, 0.3) is 0 Å². The predicted molar refractivity (Wildman–Crippen MR) is 146 cm³/mol. The molecule has 3 aromatic rings. The minimum absolute atomic E-state index is 0. The summed E-state index contributed by atoms with van der Waals surface area (Å²) in [5.74, 6) is 0. The van der Waals surface area contributed by atoms with Gasteiger partial charge in [0.15, 0.2) is 0 Å². The van der Waals surface area contributed by atoms with Gasteiger partial charge in [0.05, 0.1) is 0 Å². The molecule has 0 aliphatic carbocycles. The number of hydrogen-bond acceptors (Lipinski definition) is 0. The Kier molecular flexibility index (Phi) is 12.8. The van der Waals surface area contributed by atoms with Gasteiger partial charge >= 0.3 is 0 Å². The summed E-state index contributed by atoms with van der Waals surface area (Å²) in [5, 5.41) is 4.42. The van der Waals surface area contributed by atoms with Crippen LogP contribution in [0.1, 0.15) is 70.3 Å². The van der Waals surface area contributed by atoms with Gasteiger partial charge in [-0.05, 0) is 42.2 Å². The molecule has 0 aromatic heterocycles. The van der Waals surface area contributed by atoms with E-state index >= 15 is 0 Å². The molecule has 0 radical (unpaired) electrons. The molecule has 0 aliphatic heterocycles. The molecule has 3 aromatic carbocycles. The summed E-state index contributed by atoms with van der Waals surface area (Å²) < 4.78 is 0. The molecule has 31 heavy (non-hydrogen) atoms. The van der Waals surface area contributed by atoms with Crippen molar-refractivity contribution in [1.29, 1.82) is 0 Å². The molecule has 3 rings (SSSR count). The molecule has 0 aliphatic rings. The lowest BCUT2D eigenvalue weighted by Crippen LogP contribution is -2.23. The fraction of sp³-hybridized carbons (Fsp3) is 0.379. The van der Waals surface area contributed by atoms with Gasteiger partial charge in [0.1, 0.15) is 0 Å². The number of aryl methyl sites for hydroxylation is 1. The fourth-order valence-electron chi connectivity index (χ4n) is 4.15. The van der Waals surface area contributed by atoms with Crippen molar-refractivity contribution in [3.63, 3.8) is 0 Å². The van der Waals surface area contributed by atoms with Crippen molar-refractivity contribution in [3.8, 4) is 0 Å². The van der Waals surface area contributed by atoms with Gasteiger partial charge in [0.25, 0.3) is 0 Å². The van der Waals surface area contributed by atoms with Crippen LogP contribution in [-0.4, -0.2) is 0 Å². The third-order valence-corrected chi connectivity index (χ3v) is 8.36. The maximum absolute atomic E-state index is 2.37. The number of benzene rings is 3. The molecule has 0 saturated carbocycles. The summed E-state index contributed by atoms with van der Waals surface area (Å²) in [7, 11) is -0.503. The van der Waals surface area contributed by atoms with E-state index in [4.69, 9.17) is 0 Å². The first kappa shape index (κ1) is 25.8. The summed E-state index contributed by atoms with van der Waals surface area (Å²) in [6, 6.07) is 31.3. The SMILES string of the molecule is Br.CCCCCCCCCCCc1ccccc1P(c1ccccc1)c1ccccc1. The zero-order valence-corrected chi connectivity index (χ0v) is 21.6. The summed E-state index contributed by atoms with van der Waals surface area (Å²) in [4.78, 5) is 0. The van der Waals surface area contributed by atoms with Gasteiger partial charge in [0, 0.05) is 0 Å². The molecular formula is C29H38BrP. The van der Waals surface area contributed by atoms with E-state index < -0.39 is 7.92 Å². The van der Waals surface area contributed by atoms with Crippen LogP contribution in [0.2, 0.25) is 0 Å². The molecule has 0 N–H and O–H groups in total. The lowest BCUT2D eigenvalue weighted by Gasteiger charge is -2.22. The first-order chi connectivity index (χ1) is 14.9. The Morgan fingerprint density at radius 3 is 1.52 bits per heavy atom.